The van der Waals surface area contributed by atoms with E-state index in [-0.39, 0.29) is 17.9 Å². The Hall–Kier alpha value is -1.36. The number of rotatable bonds is 3. The third-order valence-corrected chi connectivity index (χ3v) is 3.44. The molecule has 5 heteroatoms. The van der Waals surface area contributed by atoms with E-state index in [0.29, 0.717) is 6.54 Å². The van der Waals surface area contributed by atoms with Gasteiger partial charge >= 0.3 is 0 Å². The minimum absolute atomic E-state index is 0.148. The molecule has 1 saturated carbocycles. The first-order valence-electron chi connectivity index (χ1n) is 6.15. The van der Waals surface area contributed by atoms with Crippen LogP contribution in [-0.4, -0.2) is 33.9 Å². The molecule has 1 aliphatic rings. The Balaban J connectivity index is 1.86. The first kappa shape index (κ1) is 12.1. The van der Waals surface area contributed by atoms with Crippen LogP contribution in [0, 0.1) is 5.92 Å². The number of amides is 1. The van der Waals surface area contributed by atoms with Crippen molar-refractivity contribution in [2.45, 2.75) is 38.3 Å². The van der Waals surface area contributed by atoms with E-state index in [1.165, 1.54) is 0 Å². The van der Waals surface area contributed by atoms with Crippen LogP contribution >= 0.6 is 0 Å². The summed E-state index contributed by atoms with van der Waals surface area (Å²) in [4.78, 5) is 21.1. The smallest absolute Gasteiger partial charge is 0.225 e. The van der Waals surface area contributed by atoms with Crippen molar-refractivity contribution in [3.63, 3.8) is 0 Å². The zero-order chi connectivity index (χ0) is 12.3. The van der Waals surface area contributed by atoms with Crippen LogP contribution in [0.4, 0.5) is 0 Å². The number of hydrogen-bond acceptors (Lipinski definition) is 3. The number of imidazole rings is 1. The molecule has 0 radical (unpaired) electrons. The van der Waals surface area contributed by atoms with Crippen LogP contribution in [0.1, 0.15) is 31.5 Å². The fraction of sp³-hybridized carbons (Fsp3) is 0.667. The SMILES string of the molecule is CN(Cc1ncc[nH]1)C(=O)C1CCC(N)CC1. The third-order valence-electron chi connectivity index (χ3n) is 3.44. The highest BCUT2D eigenvalue weighted by Crippen LogP contribution is 2.24. The van der Waals surface area contributed by atoms with Gasteiger partial charge in [-0.15, -0.1) is 0 Å². The van der Waals surface area contributed by atoms with Crippen molar-refractivity contribution >= 4 is 5.91 Å². The number of aromatic nitrogens is 2. The Bertz CT molecular complexity index is 355. The van der Waals surface area contributed by atoms with Gasteiger partial charge in [0.05, 0.1) is 6.54 Å². The maximum Gasteiger partial charge on any atom is 0.225 e. The lowest BCUT2D eigenvalue weighted by Gasteiger charge is -2.28. The molecule has 0 bridgehead atoms. The molecule has 0 saturated heterocycles. The summed E-state index contributed by atoms with van der Waals surface area (Å²) < 4.78 is 0. The second-order valence-corrected chi connectivity index (χ2v) is 4.84. The summed E-state index contributed by atoms with van der Waals surface area (Å²) in [6, 6.07) is 0.287. The van der Waals surface area contributed by atoms with Crippen molar-refractivity contribution in [2.24, 2.45) is 11.7 Å². The highest BCUT2D eigenvalue weighted by atomic mass is 16.2. The predicted octanol–water partition coefficient (Wildman–Crippen LogP) is 0.886. The van der Waals surface area contributed by atoms with Gasteiger partial charge in [0, 0.05) is 31.4 Å². The number of aromatic amines is 1. The average Bonchev–Trinajstić information content (AvgIpc) is 2.82. The van der Waals surface area contributed by atoms with Crippen molar-refractivity contribution in [1.82, 2.24) is 14.9 Å². The first-order valence-corrected chi connectivity index (χ1v) is 6.15. The van der Waals surface area contributed by atoms with E-state index < -0.39 is 0 Å². The van der Waals surface area contributed by atoms with Crippen LogP contribution in [0.15, 0.2) is 12.4 Å². The van der Waals surface area contributed by atoms with Gasteiger partial charge in [-0.1, -0.05) is 0 Å². The van der Waals surface area contributed by atoms with E-state index >= 15 is 0 Å². The molecule has 0 aromatic carbocycles. The zero-order valence-corrected chi connectivity index (χ0v) is 10.2. The lowest BCUT2D eigenvalue weighted by Crippen LogP contribution is -2.37. The molecular weight excluding hydrogens is 216 g/mol. The van der Waals surface area contributed by atoms with Crippen LogP contribution in [0.25, 0.3) is 0 Å². The number of hydrogen-bond donors (Lipinski definition) is 2. The monoisotopic (exact) mass is 236 g/mol. The summed E-state index contributed by atoms with van der Waals surface area (Å²) >= 11 is 0. The van der Waals surface area contributed by atoms with Gasteiger partial charge in [0.25, 0.3) is 0 Å². The largest absolute Gasteiger partial charge is 0.347 e. The molecule has 1 amide bonds. The van der Waals surface area contributed by atoms with Crippen LogP contribution in [0.2, 0.25) is 0 Å². The second-order valence-electron chi connectivity index (χ2n) is 4.84. The van der Waals surface area contributed by atoms with Gasteiger partial charge in [-0.2, -0.15) is 0 Å². The maximum absolute atomic E-state index is 12.2. The van der Waals surface area contributed by atoms with Crippen LogP contribution in [0.5, 0.6) is 0 Å². The molecule has 3 N–H and O–H groups in total. The minimum Gasteiger partial charge on any atom is -0.347 e. The maximum atomic E-state index is 12.2. The molecule has 0 unspecified atom stereocenters. The van der Waals surface area contributed by atoms with Gasteiger partial charge in [-0.25, -0.2) is 4.98 Å². The van der Waals surface area contributed by atoms with Crippen molar-refractivity contribution in [3.8, 4) is 0 Å². The van der Waals surface area contributed by atoms with Gasteiger partial charge < -0.3 is 15.6 Å². The second kappa shape index (κ2) is 5.31. The molecule has 1 aromatic heterocycles. The summed E-state index contributed by atoms with van der Waals surface area (Å²) in [6.07, 6.45) is 7.24. The van der Waals surface area contributed by atoms with E-state index in [9.17, 15) is 4.79 Å². The average molecular weight is 236 g/mol. The molecule has 0 aliphatic heterocycles. The summed E-state index contributed by atoms with van der Waals surface area (Å²) in [5.41, 5.74) is 5.84. The highest BCUT2D eigenvalue weighted by Gasteiger charge is 2.26. The van der Waals surface area contributed by atoms with E-state index in [0.717, 1.165) is 31.5 Å². The van der Waals surface area contributed by atoms with Crippen molar-refractivity contribution in [2.75, 3.05) is 7.05 Å². The number of carbonyl (C=O) groups excluding carboxylic acids is 1. The Morgan fingerprint density at radius 3 is 2.82 bits per heavy atom. The number of nitrogens with one attached hydrogen (secondary N) is 1. The highest BCUT2D eigenvalue weighted by molar-refractivity contribution is 5.78. The Kier molecular flexibility index (Phi) is 3.78. The van der Waals surface area contributed by atoms with Gasteiger partial charge in [-0.3, -0.25) is 4.79 Å². The van der Waals surface area contributed by atoms with E-state index in [1.54, 1.807) is 17.3 Å². The predicted molar refractivity (Wildman–Crippen MR) is 65.0 cm³/mol. The summed E-state index contributed by atoms with van der Waals surface area (Å²) in [5.74, 6) is 1.19. The standard InChI is InChI=1S/C12H20N4O/c1-16(8-11-14-6-7-15-11)12(17)9-2-4-10(13)5-3-9/h6-7,9-10H,2-5,8,13H2,1H3,(H,14,15). The van der Waals surface area contributed by atoms with E-state index in [2.05, 4.69) is 9.97 Å². The molecule has 0 spiro atoms. The molecular formula is C12H20N4O. The number of nitrogens with two attached hydrogens (primary N) is 1. The molecule has 1 fully saturated rings. The molecule has 1 aromatic rings. The molecule has 1 heterocycles. The normalized spacial score (nSPS) is 24.6. The topological polar surface area (TPSA) is 75.0 Å². The Morgan fingerprint density at radius 1 is 1.53 bits per heavy atom. The fourth-order valence-electron chi connectivity index (χ4n) is 2.36. The molecule has 17 heavy (non-hydrogen) atoms. The molecule has 0 atom stereocenters. The fourth-order valence-corrected chi connectivity index (χ4v) is 2.36. The van der Waals surface area contributed by atoms with Crippen LogP contribution in [-0.2, 0) is 11.3 Å². The minimum atomic E-state index is 0.148. The molecule has 5 nitrogen and oxygen atoms in total. The molecule has 94 valence electrons. The first-order chi connectivity index (χ1) is 8.16. The van der Waals surface area contributed by atoms with Crippen LogP contribution in [0.3, 0.4) is 0 Å². The summed E-state index contributed by atoms with van der Waals surface area (Å²) in [7, 11) is 1.83. The number of carbonyl (C=O) groups is 1. The van der Waals surface area contributed by atoms with Gasteiger partial charge in [0.2, 0.25) is 5.91 Å². The van der Waals surface area contributed by atoms with Crippen molar-refractivity contribution in [1.29, 1.82) is 0 Å². The van der Waals surface area contributed by atoms with Crippen molar-refractivity contribution in [3.05, 3.63) is 18.2 Å². The Morgan fingerprint density at radius 2 is 2.24 bits per heavy atom. The van der Waals surface area contributed by atoms with Gasteiger partial charge in [-0.05, 0) is 25.7 Å². The third kappa shape index (κ3) is 3.06. The quantitative estimate of drug-likeness (QED) is 0.818. The van der Waals surface area contributed by atoms with Gasteiger partial charge in [0.1, 0.15) is 5.82 Å². The number of H-pyrrole nitrogens is 1. The van der Waals surface area contributed by atoms with E-state index in [1.807, 2.05) is 7.05 Å². The Labute approximate surface area is 101 Å². The summed E-state index contributed by atoms with van der Waals surface area (Å²) in [6.45, 7) is 0.550. The van der Waals surface area contributed by atoms with E-state index in [4.69, 9.17) is 5.73 Å². The zero-order valence-electron chi connectivity index (χ0n) is 10.2. The lowest BCUT2D eigenvalue weighted by molar-refractivity contribution is -0.135. The lowest BCUT2D eigenvalue weighted by atomic mass is 9.85. The number of nitrogens with zero attached hydrogens (tertiary/aromatic N) is 2. The molecule has 2 rings (SSSR count). The van der Waals surface area contributed by atoms with Gasteiger partial charge in [0.15, 0.2) is 0 Å². The van der Waals surface area contributed by atoms with Crippen LogP contribution < -0.4 is 5.73 Å². The summed E-state index contributed by atoms with van der Waals surface area (Å²) in [5, 5.41) is 0. The molecule has 1 aliphatic carbocycles. The van der Waals surface area contributed by atoms with Crippen molar-refractivity contribution < 1.29 is 4.79 Å².